The molecule has 1 amide bonds. The van der Waals surface area contributed by atoms with E-state index in [1.165, 1.54) is 12.0 Å². The number of allylic oxidation sites excluding steroid dienone is 5. The molecule has 15 atom stereocenters. The molecule has 0 spiro atoms. The number of benzene rings is 1. The van der Waals surface area contributed by atoms with E-state index in [2.05, 4.69) is 5.32 Å². The Morgan fingerprint density at radius 2 is 1.61 bits per heavy atom. The van der Waals surface area contributed by atoms with Gasteiger partial charge in [0, 0.05) is 55.4 Å². The summed E-state index contributed by atoms with van der Waals surface area (Å²) in [6.45, 7) is 11.4. The van der Waals surface area contributed by atoms with Crippen molar-refractivity contribution in [2.24, 2.45) is 35.3 Å². The van der Waals surface area contributed by atoms with Crippen LogP contribution in [0.2, 0.25) is 5.02 Å². The second-order valence-electron chi connectivity index (χ2n) is 20.9. The smallest absolute Gasteiger partial charge is 0.329 e. The highest BCUT2D eigenvalue weighted by molar-refractivity contribution is 6.39. The highest BCUT2D eigenvalue weighted by atomic mass is 35.5. The van der Waals surface area contributed by atoms with E-state index in [1.54, 1.807) is 39.2 Å². The van der Waals surface area contributed by atoms with E-state index < -0.39 is 77.9 Å². The van der Waals surface area contributed by atoms with Gasteiger partial charge in [-0.25, -0.2) is 4.79 Å². The summed E-state index contributed by atoms with van der Waals surface area (Å²) in [7, 11) is 3.01. The minimum atomic E-state index is -2.43. The van der Waals surface area contributed by atoms with E-state index in [9.17, 15) is 34.5 Å². The molecule has 5 rings (SSSR count). The molecule has 3 aliphatic heterocycles. The summed E-state index contributed by atoms with van der Waals surface area (Å²) >= 11 is 6.22. The molecule has 0 radical (unpaired) electrons. The third kappa shape index (κ3) is 15.4. The van der Waals surface area contributed by atoms with Gasteiger partial charge in [-0.1, -0.05) is 81.3 Å². The van der Waals surface area contributed by atoms with Gasteiger partial charge in [0.05, 0.1) is 18.3 Å². The molecule has 6 N–H and O–H groups in total. The van der Waals surface area contributed by atoms with Gasteiger partial charge in [0.1, 0.15) is 24.4 Å². The van der Waals surface area contributed by atoms with Crippen LogP contribution >= 0.6 is 11.6 Å². The number of amides is 1. The number of aliphatic hydroxyl groups excluding tert-OH is 2. The summed E-state index contributed by atoms with van der Waals surface area (Å²) in [5.74, 6) is -6.44. The number of nitrogens with two attached hydrogens (primary N) is 1. The summed E-state index contributed by atoms with van der Waals surface area (Å²) in [5.41, 5.74) is 8.93. The molecule has 3 heterocycles. The molecule has 1 aromatic carbocycles. The number of nitrogens with zero attached hydrogens (tertiary/aromatic N) is 1. The maximum atomic E-state index is 14.5. The van der Waals surface area contributed by atoms with E-state index in [1.807, 2.05) is 70.2 Å². The number of anilines is 1. The number of piperidine rings is 1. The Bertz CT molecular complexity index is 2030. The van der Waals surface area contributed by atoms with Crippen LogP contribution in [0, 0.1) is 29.6 Å². The number of cyclic esters (lactones) is 1. The number of esters is 1. The van der Waals surface area contributed by atoms with Crippen LogP contribution in [0.5, 0.6) is 0 Å². The van der Waals surface area contributed by atoms with Crippen LogP contribution in [-0.2, 0) is 38.1 Å². The van der Waals surface area contributed by atoms with Gasteiger partial charge >= 0.3 is 5.97 Å². The quantitative estimate of drug-likeness (QED) is 0.101. The summed E-state index contributed by atoms with van der Waals surface area (Å²) < 4.78 is 24.0. The molecule has 4 aliphatic rings. The van der Waals surface area contributed by atoms with Crippen molar-refractivity contribution in [2.75, 3.05) is 26.1 Å². The van der Waals surface area contributed by atoms with Gasteiger partial charge in [0.2, 0.25) is 5.79 Å². The van der Waals surface area contributed by atoms with Crippen LogP contribution in [0.1, 0.15) is 125 Å². The number of rotatable bonds is 7. The number of ether oxygens (including phenoxy) is 4. The van der Waals surface area contributed by atoms with E-state index >= 15 is 0 Å². The first-order valence-electron chi connectivity index (χ1n) is 25.6. The number of halogens is 1. The SMILES string of the molecule is COC1CC(C[C@@H](C)[C@@H]2CC[C@H](N)/C=C(\C)C(O)[C@@H](OC)C(=O)C(C)C[C@H](C)/C=C/C=C/C=C(\C)[C@H](Nc3ccc(Cl)cc3)C[C@@H]3CCC(C)C(O)(O3)C(=O)C(=O)N3CCCCC3C(=O)O2)CC[C@H]1O. The maximum absolute atomic E-state index is 14.5. The van der Waals surface area contributed by atoms with Gasteiger partial charge in [-0.3, -0.25) is 14.4 Å². The van der Waals surface area contributed by atoms with Crippen LogP contribution in [0.15, 0.2) is 71.9 Å². The number of fused-ring (bicyclic) bond motifs is 3. The Labute approximate surface area is 421 Å². The zero-order chi connectivity index (χ0) is 51.3. The Morgan fingerprint density at radius 1 is 0.886 bits per heavy atom. The summed E-state index contributed by atoms with van der Waals surface area (Å²) in [4.78, 5) is 58.4. The van der Waals surface area contributed by atoms with Crippen molar-refractivity contribution in [3.8, 4) is 0 Å². The normalized spacial score (nSPS) is 38.2. The predicted molar refractivity (Wildman–Crippen MR) is 272 cm³/mol. The number of nitrogens with one attached hydrogen (secondary N) is 1. The molecule has 1 aliphatic carbocycles. The Balaban J connectivity index is 1.48. The average Bonchev–Trinajstić information content (AvgIpc) is 3.33. The molecule has 7 unspecified atom stereocenters. The fourth-order valence-corrected chi connectivity index (χ4v) is 10.9. The fraction of sp³-hybridized carbons (Fsp3) is 0.673. The fourth-order valence-electron chi connectivity index (χ4n) is 10.8. The molecule has 2 bridgehead atoms. The van der Waals surface area contributed by atoms with Gasteiger partial charge in [0.25, 0.3) is 11.7 Å². The van der Waals surface area contributed by atoms with Crippen molar-refractivity contribution in [3.63, 3.8) is 0 Å². The maximum Gasteiger partial charge on any atom is 0.329 e. The van der Waals surface area contributed by atoms with Crippen LogP contribution in [-0.4, -0.2) is 125 Å². The van der Waals surface area contributed by atoms with Crippen molar-refractivity contribution in [3.05, 3.63) is 76.9 Å². The second kappa shape index (κ2) is 26.8. The zero-order valence-electron chi connectivity index (χ0n) is 42.8. The van der Waals surface area contributed by atoms with Crippen molar-refractivity contribution in [1.29, 1.82) is 0 Å². The molecule has 15 heteroatoms. The number of hydrogen-bond donors (Lipinski definition) is 5. The van der Waals surface area contributed by atoms with Crippen molar-refractivity contribution >= 4 is 40.7 Å². The van der Waals surface area contributed by atoms with Crippen LogP contribution in [0.3, 0.4) is 0 Å². The highest BCUT2D eigenvalue weighted by Gasteiger charge is 2.53. The Morgan fingerprint density at radius 3 is 2.31 bits per heavy atom. The predicted octanol–water partition coefficient (Wildman–Crippen LogP) is 7.81. The first-order chi connectivity index (χ1) is 33.3. The zero-order valence-corrected chi connectivity index (χ0v) is 43.5. The van der Waals surface area contributed by atoms with Gasteiger partial charge in [0.15, 0.2) is 5.78 Å². The van der Waals surface area contributed by atoms with Gasteiger partial charge in [-0.05, 0) is 145 Å². The summed E-state index contributed by atoms with van der Waals surface area (Å²) in [6.07, 6.45) is 13.7. The van der Waals surface area contributed by atoms with Crippen LogP contribution in [0.4, 0.5) is 5.69 Å². The highest BCUT2D eigenvalue weighted by Crippen LogP contribution is 2.38. The summed E-state index contributed by atoms with van der Waals surface area (Å²) in [6, 6.07) is 5.35. The third-order valence-corrected chi connectivity index (χ3v) is 15.5. The van der Waals surface area contributed by atoms with E-state index in [0.29, 0.717) is 81.2 Å². The standard InChI is InChI=1S/C55H82ClN3O11/c1-33-14-10-9-11-15-34(2)44(58-42-22-19-40(56)20-23-42)32-43-24-17-38(6)55(66,70-43)52(63)53(64)59-27-13-12-16-45(59)54(65)69-47(35(3)29-39-18-25-46(60)48(31-39)67-7)26-21-41(57)30-37(5)50(62)51(68-8)49(61)36(4)28-33/h9-11,14-15,19-20,22-23,30,33,35-36,38-39,41,43-48,50-51,58,60,62,66H,12-13,16-18,21,24-29,31-32,57H2,1-8H3/b11-9+,14-10+,34-15+,37-30+/t33-,35-,36?,38?,39?,41+,43+,44-,45?,46-,47+,48?,50?,51+,55?/m1/s1. The number of hydrogen-bond acceptors (Lipinski definition) is 13. The Hall–Kier alpha value is -3.73. The molecular weight excluding hydrogens is 914 g/mol. The van der Waals surface area contributed by atoms with Gasteiger partial charge in [-0.2, -0.15) is 0 Å². The first-order valence-corrected chi connectivity index (χ1v) is 26.0. The molecule has 1 aromatic rings. The number of ketones is 2. The minimum Gasteiger partial charge on any atom is -0.461 e. The molecule has 70 heavy (non-hydrogen) atoms. The third-order valence-electron chi connectivity index (χ3n) is 15.3. The van der Waals surface area contributed by atoms with Gasteiger partial charge in [-0.15, -0.1) is 0 Å². The van der Waals surface area contributed by atoms with E-state index in [0.717, 1.165) is 17.7 Å². The van der Waals surface area contributed by atoms with Gasteiger partial charge < -0.3 is 50.2 Å². The lowest BCUT2D eigenvalue weighted by atomic mass is 9.78. The molecule has 390 valence electrons. The average molecular weight is 997 g/mol. The van der Waals surface area contributed by atoms with Crippen molar-refractivity contribution in [1.82, 2.24) is 4.90 Å². The lowest BCUT2D eigenvalue weighted by Gasteiger charge is -2.43. The molecule has 0 aromatic heterocycles. The molecular formula is C55H82ClN3O11. The topological polar surface area (TPSA) is 207 Å². The molecule has 3 fully saturated rings. The first kappa shape index (κ1) is 57.2. The van der Waals surface area contributed by atoms with Crippen molar-refractivity contribution in [2.45, 2.75) is 186 Å². The monoisotopic (exact) mass is 996 g/mol. The molecule has 2 saturated heterocycles. The number of aliphatic hydroxyl groups is 3. The number of carbonyl (C=O) groups is 4. The van der Waals surface area contributed by atoms with E-state index in [4.69, 9.17) is 36.3 Å². The van der Waals surface area contributed by atoms with Crippen LogP contribution in [0.25, 0.3) is 0 Å². The Kier molecular flexibility index (Phi) is 21.9. The summed E-state index contributed by atoms with van der Waals surface area (Å²) in [5, 5.41) is 38.3. The number of methoxy groups -OCH3 is 2. The largest absolute Gasteiger partial charge is 0.461 e. The lowest BCUT2D eigenvalue weighted by Crippen LogP contribution is -2.61. The van der Waals surface area contributed by atoms with Crippen LogP contribution < -0.4 is 11.1 Å². The van der Waals surface area contributed by atoms with Crippen molar-refractivity contribution < 1.29 is 53.4 Å². The number of Topliss-reactive ketones (excluding diaryl/α,β-unsaturated/α-hetero) is 2. The lowest BCUT2D eigenvalue weighted by molar-refractivity contribution is -0.263. The molecule has 1 saturated carbocycles. The molecule has 14 nitrogen and oxygen atoms in total. The second-order valence-corrected chi connectivity index (χ2v) is 21.3. The minimum absolute atomic E-state index is 0.0271. The number of carbonyl (C=O) groups excluding carboxylic acids is 4. The van der Waals surface area contributed by atoms with E-state index in [-0.39, 0.29) is 48.6 Å².